The molecule has 0 aliphatic carbocycles. The Labute approximate surface area is 129 Å². The van der Waals surface area contributed by atoms with Gasteiger partial charge in [0.15, 0.2) is 0 Å². The Balaban J connectivity index is 1.93. The fourth-order valence-electron chi connectivity index (χ4n) is 1.79. The molecule has 2 aromatic carbocycles. The maximum Gasteiger partial charge on any atom is 0.246 e. The zero-order chi connectivity index (χ0) is 15.2. The smallest absolute Gasteiger partial charge is 0.246 e. The van der Waals surface area contributed by atoms with Gasteiger partial charge in [-0.1, -0.05) is 11.6 Å². The molecule has 1 atom stereocenters. The fraction of sp³-hybridized carbons (Fsp3) is 0.188. The first kappa shape index (κ1) is 15.2. The molecule has 2 rings (SSSR count). The van der Waals surface area contributed by atoms with Gasteiger partial charge in [0.05, 0.1) is 7.11 Å². The lowest BCUT2D eigenvalue weighted by atomic mass is 10.2. The van der Waals surface area contributed by atoms with Crippen molar-refractivity contribution in [1.29, 1.82) is 0 Å². The number of carbonyl (C=O) groups is 1. The van der Waals surface area contributed by atoms with E-state index in [2.05, 4.69) is 10.6 Å². The predicted octanol–water partition coefficient (Wildman–Crippen LogP) is 3.79. The lowest BCUT2D eigenvalue weighted by molar-refractivity contribution is -0.116. The van der Waals surface area contributed by atoms with Gasteiger partial charge in [-0.05, 0) is 55.5 Å². The van der Waals surface area contributed by atoms with Crippen LogP contribution in [-0.2, 0) is 4.79 Å². The molecular weight excluding hydrogens is 288 g/mol. The highest BCUT2D eigenvalue weighted by atomic mass is 35.5. The van der Waals surface area contributed by atoms with E-state index in [0.29, 0.717) is 10.7 Å². The number of amides is 1. The van der Waals surface area contributed by atoms with Gasteiger partial charge in [0, 0.05) is 16.4 Å². The molecule has 0 aliphatic rings. The molecule has 1 unspecified atom stereocenters. The second-order valence-corrected chi connectivity index (χ2v) is 5.03. The molecule has 1 amide bonds. The SMILES string of the molecule is COc1ccc(NC(C)C(=O)Nc2ccc(Cl)cc2)cc1. The summed E-state index contributed by atoms with van der Waals surface area (Å²) < 4.78 is 5.09. The van der Waals surface area contributed by atoms with Crippen molar-refractivity contribution in [2.45, 2.75) is 13.0 Å². The van der Waals surface area contributed by atoms with Gasteiger partial charge >= 0.3 is 0 Å². The zero-order valence-electron chi connectivity index (χ0n) is 11.9. The summed E-state index contributed by atoms with van der Waals surface area (Å²) in [6.07, 6.45) is 0. The van der Waals surface area contributed by atoms with Crippen LogP contribution in [0.15, 0.2) is 48.5 Å². The first-order valence-electron chi connectivity index (χ1n) is 6.55. The molecule has 0 heterocycles. The van der Waals surface area contributed by atoms with E-state index in [9.17, 15) is 4.79 Å². The molecule has 0 fully saturated rings. The van der Waals surface area contributed by atoms with Gasteiger partial charge < -0.3 is 15.4 Å². The molecule has 5 heteroatoms. The Bertz CT molecular complexity index is 597. The van der Waals surface area contributed by atoms with Gasteiger partial charge in [-0.3, -0.25) is 4.79 Å². The number of ether oxygens (including phenoxy) is 1. The predicted molar refractivity (Wildman–Crippen MR) is 86.2 cm³/mol. The van der Waals surface area contributed by atoms with Crippen LogP contribution >= 0.6 is 11.6 Å². The molecule has 0 aliphatic heterocycles. The van der Waals surface area contributed by atoms with Crippen molar-refractivity contribution in [3.05, 3.63) is 53.6 Å². The summed E-state index contributed by atoms with van der Waals surface area (Å²) in [5.41, 5.74) is 1.57. The third kappa shape index (κ3) is 4.39. The average molecular weight is 305 g/mol. The highest BCUT2D eigenvalue weighted by Crippen LogP contribution is 2.17. The van der Waals surface area contributed by atoms with Crippen LogP contribution in [0.3, 0.4) is 0 Å². The van der Waals surface area contributed by atoms with Crippen LogP contribution < -0.4 is 15.4 Å². The minimum Gasteiger partial charge on any atom is -0.497 e. The summed E-state index contributed by atoms with van der Waals surface area (Å²) in [7, 11) is 1.62. The molecule has 21 heavy (non-hydrogen) atoms. The van der Waals surface area contributed by atoms with Crippen molar-refractivity contribution in [3.8, 4) is 5.75 Å². The van der Waals surface area contributed by atoms with Gasteiger partial charge in [-0.15, -0.1) is 0 Å². The Morgan fingerprint density at radius 1 is 1.05 bits per heavy atom. The first-order chi connectivity index (χ1) is 10.1. The van der Waals surface area contributed by atoms with Crippen molar-refractivity contribution in [2.75, 3.05) is 17.7 Å². The molecular formula is C16H17ClN2O2. The van der Waals surface area contributed by atoms with E-state index in [1.807, 2.05) is 24.3 Å². The molecule has 0 radical (unpaired) electrons. The minimum absolute atomic E-state index is 0.117. The van der Waals surface area contributed by atoms with Crippen LogP contribution in [0.5, 0.6) is 5.75 Å². The number of methoxy groups -OCH3 is 1. The molecule has 4 nitrogen and oxygen atoms in total. The average Bonchev–Trinajstić information content (AvgIpc) is 2.50. The van der Waals surface area contributed by atoms with Crippen molar-refractivity contribution >= 4 is 28.9 Å². The lowest BCUT2D eigenvalue weighted by Gasteiger charge is -2.15. The molecule has 0 saturated carbocycles. The van der Waals surface area contributed by atoms with Crippen molar-refractivity contribution in [1.82, 2.24) is 0 Å². The Hall–Kier alpha value is -2.20. The van der Waals surface area contributed by atoms with Gasteiger partial charge in [0.2, 0.25) is 5.91 Å². The fourth-order valence-corrected chi connectivity index (χ4v) is 1.91. The summed E-state index contributed by atoms with van der Waals surface area (Å²) in [5, 5.41) is 6.59. The summed E-state index contributed by atoms with van der Waals surface area (Å²) in [6.45, 7) is 1.80. The molecule has 0 bridgehead atoms. The maximum atomic E-state index is 12.1. The number of halogens is 1. The Morgan fingerprint density at radius 3 is 2.19 bits per heavy atom. The van der Waals surface area contributed by atoms with Gasteiger partial charge in [0.25, 0.3) is 0 Å². The third-order valence-corrected chi connectivity index (χ3v) is 3.23. The van der Waals surface area contributed by atoms with Crippen LogP contribution in [0.4, 0.5) is 11.4 Å². The van der Waals surface area contributed by atoms with Gasteiger partial charge in [-0.2, -0.15) is 0 Å². The number of hydrogen-bond donors (Lipinski definition) is 2. The largest absolute Gasteiger partial charge is 0.497 e. The quantitative estimate of drug-likeness (QED) is 0.883. The molecule has 2 N–H and O–H groups in total. The minimum atomic E-state index is -0.367. The second kappa shape index (κ2) is 6.99. The molecule has 0 spiro atoms. The van der Waals surface area contributed by atoms with Crippen LogP contribution in [0, 0.1) is 0 Å². The van der Waals surface area contributed by atoms with Crippen LogP contribution in [0.25, 0.3) is 0 Å². The molecule has 2 aromatic rings. The number of hydrogen-bond acceptors (Lipinski definition) is 3. The standard InChI is InChI=1S/C16H17ClN2O2/c1-11(18-13-7-9-15(21-2)10-8-13)16(20)19-14-5-3-12(17)4-6-14/h3-11,18H,1-2H3,(H,19,20). The number of nitrogens with one attached hydrogen (secondary N) is 2. The Kier molecular flexibility index (Phi) is 5.06. The molecule has 0 aromatic heterocycles. The van der Waals surface area contributed by atoms with E-state index in [1.54, 1.807) is 38.3 Å². The van der Waals surface area contributed by atoms with Crippen molar-refractivity contribution in [2.24, 2.45) is 0 Å². The van der Waals surface area contributed by atoms with Crippen LogP contribution in [0.2, 0.25) is 5.02 Å². The van der Waals surface area contributed by atoms with Crippen molar-refractivity contribution in [3.63, 3.8) is 0 Å². The highest BCUT2D eigenvalue weighted by Gasteiger charge is 2.12. The summed E-state index contributed by atoms with van der Waals surface area (Å²) in [6, 6.07) is 14.0. The number of benzene rings is 2. The monoisotopic (exact) mass is 304 g/mol. The van der Waals surface area contributed by atoms with E-state index in [1.165, 1.54) is 0 Å². The first-order valence-corrected chi connectivity index (χ1v) is 6.93. The maximum absolute atomic E-state index is 12.1. The Morgan fingerprint density at radius 2 is 1.62 bits per heavy atom. The highest BCUT2D eigenvalue weighted by molar-refractivity contribution is 6.30. The third-order valence-electron chi connectivity index (χ3n) is 2.98. The van der Waals surface area contributed by atoms with E-state index < -0.39 is 0 Å². The zero-order valence-corrected chi connectivity index (χ0v) is 12.6. The summed E-state index contributed by atoms with van der Waals surface area (Å²) in [5.74, 6) is 0.659. The topological polar surface area (TPSA) is 50.4 Å². The summed E-state index contributed by atoms with van der Waals surface area (Å²) >= 11 is 5.81. The van der Waals surface area contributed by atoms with Crippen LogP contribution in [0.1, 0.15) is 6.92 Å². The molecule has 0 saturated heterocycles. The van der Waals surface area contributed by atoms with Crippen LogP contribution in [-0.4, -0.2) is 19.1 Å². The van der Waals surface area contributed by atoms with E-state index >= 15 is 0 Å². The van der Waals surface area contributed by atoms with Crippen molar-refractivity contribution < 1.29 is 9.53 Å². The normalized spacial score (nSPS) is 11.6. The number of rotatable bonds is 5. The van der Waals surface area contributed by atoms with Gasteiger partial charge in [0.1, 0.15) is 11.8 Å². The second-order valence-electron chi connectivity index (χ2n) is 4.59. The van der Waals surface area contributed by atoms with E-state index in [4.69, 9.17) is 16.3 Å². The number of carbonyl (C=O) groups excluding carboxylic acids is 1. The lowest BCUT2D eigenvalue weighted by Crippen LogP contribution is -2.31. The number of anilines is 2. The van der Waals surface area contributed by atoms with E-state index in [-0.39, 0.29) is 11.9 Å². The van der Waals surface area contributed by atoms with E-state index in [0.717, 1.165) is 11.4 Å². The summed E-state index contributed by atoms with van der Waals surface area (Å²) in [4.78, 5) is 12.1. The van der Waals surface area contributed by atoms with Gasteiger partial charge in [-0.25, -0.2) is 0 Å². The molecule has 110 valence electrons.